The van der Waals surface area contributed by atoms with Crippen LogP contribution in [0.3, 0.4) is 0 Å². The van der Waals surface area contributed by atoms with Gasteiger partial charge in [0.05, 0.1) is 11.1 Å². The highest BCUT2D eigenvalue weighted by Crippen LogP contribution is 2.19. The van der Waals surface area contributed by atoms with Gasteiger partial charge in [-0.2, -0.15) is 5.10 Å². The van der Waals surface area contributed by atoms with Crippen LogP contribution in [-0.2, 0) is 10.0 Å². The van der Waals surface area contributed by atoms with Gasteiger partial charge in [-0.1, -0.05) is 18.2 Å². The Balaban J connectivity index is 1.96. The van der Waals surface area contributed by atoms with Gasteiger partial charge in [0.25, 0.3) is 15.9 Å². The van der Waals surface area contributed by atoms with Crippen molar-refractivity contribution in [3.8, 4) is 0 Å². The number of sulfonamides is 1. The van der Waals surface area contributed by atoms with Crippen LogP contribution in [-0.4, -0.2) is 34.5 Å². The minimum Gasteiger partial charge on any atom is -0.347 e. The molecule has 0 aliphatic rings. The van der Waals surface area contributed by atoms with Crippen molar-refractivity contribution in [3.63, 3.8) is 0 Å². The monoisotopic (exact) mass is 387 g/mol. The Morgan fingerprint density at radius 2 is 1.85 bits per heavy atom. The first-order chi connectivity index (χ1) is 12.6. The second-order valence-electron chi connectivity index (χ2n) is 7.21. The molecule has 0 atom stereocenters. The molecule has 1 amide bonds. The average molecular weight is 387 g/mol. The lowest BCUT2D eigenvalue weighted by Gasteiger charge is -2.19. The van der Waals surface area contributed by atoms with Crippen molar-refractivity contribution < 1.29 is 13.2 Å². The van der Waals surface area contributed by atoms with Crippen LogP contribution in [0.1, 0.15) is 36.7 Å². The van der Waals surface area contributed by atoms with Gasteiger partial charge in [0.2, 0.25) is 0 Å². The molecule has 1 aromatic carbocycles. The van der Waals surface area contributed by atoms with Crippen LogP contribution < -0.4 is 10.0 Å². The minimum absolute atomic E-state index is 0.107. The summed E-state index contributed by atoms with van der Waals surface area (Å²) in [5.41, 5.74) is 0.735. The lowest BCUT2D eigenvalue weighted by molar-refractivity contribution is 0.0921. The van der Waals surface area contributed by atoms with Crippen LogP contribution in [0, 0.1) is 6.92 Å². The summed E-state index contributed by atoms with van der Waals surface area (Å²) < 4.78 is 29.2. The summed E-state index contributed by atoms with van der Waals surface area (Å²) in [6.07, 6.45) is 2.95. The number of nitrogens with zero attached hydrogens (tertiary/aromatic N) is 3. The van der Waals surface area contributed by atoms with E-state index in [1.165, 1.54) is 22.8 Å². The van der Waals surface area contributed by atoms with Crippen LogP contribution in [0.5, 0.6) is 0 Å². The molecule has 0 radical (unpaired) electrons. The molecular formula is C18H21N5O3S. The molecule has 0 unspecified atom stereocenters. The fourth-order valence-corrected chi connectivity index (χ4v) is 3.79. The van der Waals surface area contributed by atoms with E-state index in [0.29, 0.717) is 5.56 Å². The molecular weight excluding hydrogens is 366 g/mol. The van der Waals surface area contributed by atoms with Gasteiger partial charge >= 0.3 is 0 Å². The van der Waals surface area contributed by atoms with E-state index >= 15 is 0 Å². The molecule has 2 N–H and O–H groups in total. The fraction of sp³-hybridized carbons (Fsp3) is 0.278. The summed E-state index contributed by atoms with van der Waals surface area (Å²) in [5, 5.41) is 6.94. The molecule has 0 spiro atoms. The van der Waals surface area contributed by atoms with Gasteiger partial charge < -0.3 is 5.32 Å². The van der Waals surface area contributed by atoms with Crippen molar-refractivity contribution >= 4 is 27.4 Å². The first-order valence-electron chi connectivity index (χ1n) is 8.32. The molecule has 142 valence electrons. The van der Waals surface area contributed by atoms with Crippen molar-refractivity contribution in [2.45, 2.75) is 38.1 Å². The van der Waals surface area contributed by atoms with Crippen molar-refractivity contribution in [1.29, 1.82) is 0 Å². The molecule has 3 aromatic rings. The maximum atomic E-state index is 12.7. The third kappa shape index (κ3) is 4.08. The average Bonchev–Trinajstić information content (AvgIpc) is 2.96. The number of hydrogen-bond donors (Lipinski definition) is 2. The first-order valence-corrected chi connectivity index (χ1v) is 9.80. The third-order valence-corrected chi connectivity index (χ3v) is 5.24. The lowest BCUT2D eigenvalue weighted by atomic mass is 10.1. The zero-order valence-electron chi connectivity index (χ0n) is 15.5. The number of aromatic nitrogens is 3. The number of rotatable bonds is 4. The predicted octanol–water partition coefficient (Wildman–Crippen LogP) is 2.37. The standard InChI is InChI=1S/C18H21N5O3S/c1-12-7-5-6-8-14(12)27(25,26)22-15-9-10-23-16(20-15)13(11-19-23)17(24)21-18(2,3)4/h5-11H,1-4H3,(H,20,22)(H,21,24). The van der Waals surface area contributed by atoms with Crippen LogP contribution in [0.15, 0.2) is 47.6 Å². The SMILES string of the molecule is Cc1ccccc1S(=O)(=O)Nc1ccn2ncc(C(=O)NC(C)(C)C)c2n1. The van der Waals surface area contributed by atoms with E-state index < -0.39 is 15.6 Å². The van der Waals surface area contributed by atoms with E-state index in [4.69, 9.17) is 0 Å². The highest BCUT2D eigenvalue weighted by molar-refractivity contribution is 7.92. The number of anilines is 1. The van der Waals surface area contributed by atoms with Crippen LogP contribution in [0.2, 0.25) is 0 Å². The van der Waals surface area contributed by atoms with Crippen molar-refractivity contribution in [2.24, 2.45) is 0 Å². The molecule has 0 aliphatic carbocycles. The second-order valence-corrected chi connectivity index (χ2v) is 8.87. The summed E-state index contributed by atoms with van der Waals surface area (Å²) in [4.78, 5) is 16.9. The summed E-state index contributed by atoms with van der Waals surface area (Å²) in [6, 6.07) is 8.16. The maximum absolute atomic E-state index is 12.7. The van der Waals surface area contributed by atoms with Gasteiger partial charge in [-0.05, 0) is 45.4 Å². The van der Waals surface area contributed by atoms with E-state index in [9.17, 15) is 13.2 Å². The highest BCUT2D eigenvalue weighted by atomic mass is 32.2. The van der Waals surface area contributed by atoms with Gasteiger partial charge in [0, 0.05) is 11.7 Å². The molecule has 0 fully saturated rings. The zero-order valence-corrected chi connectivity index (χ0v) is 16.3. The summed E-state index contributed by atoms with van der Waals surface area (Å²) in [5.74, 6) is -0.222. The third-order valence-electron chi connectivity index (χ3n) is 3.72. The van der Waals surface area contributed by atoms with E-state index in [-0.39, 0.29) is 27.8 Å². The zero-order chi connectivity index (χ0) is 19.8. The Morgan fingerprint density at radius 1 is 1.15 bits per heavy atom. The number of fused-ring (bicyclic) bond motifs is 1. The molecule has 0 saturated heterocycles. The van der Waals surface area contributed by atoms with Crippen molar-refractivity contribution in [3.05, 3.63) is 53.9 Å². The van der Waals surface area contributed by atoms with E-state index in [1.807, 2.05) is 20.8 Å². The van der Waals surface area contributed by atoms with Gasteiger partial charge in [0.1, 0.15) is 11.4 Å². The van der Waals surface area contributed by atoms with E-state index in [2.05, 4.69) is 20.1 Å². The summed E-state index contributed by atoms with van der Waals surface area (Å²) in [6.45, 7) is 7.32. The predicted molar refractivity (Wildman–Crippen MR) is 102 cm³/mol. The molecule has 9 heteroatoms. The Labute approximate surface area is 157 Å². The first kappa shape index (κ1) is 18.8. The molecule has 0 aliphatic heterocycles. The highest BCUT2D eigenvalue weighted by Gasteiger charge is 2.21. The molecule has 0 bridgehead atoms. The molecule has 3 rings (SSSR count). The van der Waals surface area contributed by atoms with E-state index in [0.717, 1.165) is 0 Å². The number of hydrogen-bond acceptors (Lipinski definition) is 5. The van der Waals surface area contributed by atoms with Crippen LogP contribution in [0.4, 0.5) is 5.82 Å². The Kier molecular flexibility index (Phi) is 4.64. The van der Waals surface area contributed by atoms with E-state index in [1.54, 1.807) is 31.3 Å². The normalized spacial score (nSPS) is 12.1. The van der Waals surface area contributed by atoms with Crippen molar-refractivity contribution in [1.82, 2.24) is 19.9 Å². The minimum atomic E-state index is -3.80. The second kappa shape index (κ2) is 6.66. The maximum Gasteiger partial charge on any atom is 0.263 e. The van der Waals surface area contributed by atoms with Crippen LogP contribution in [0.25, 0.3) is 5.65 Å². The van der Waals surface area contributed by atoms with Gasteiger partial charge in [-0.3, -0.25) is 9.52 Å². The topological polar surface area (TPSA) is 105 Å². The number of nitrogens with one attached hydrogen (secondary N) is 2. The number of benzene rings is 1. The number of carbonyl (C=O) groups excluding carboxylic acids is 1. The summed E-state index contributed by atoms with van der Waals surface area (Å²) >= 11 is 0. The number of amides is 1. The van der Waals surface area contributed by atoms with Gasteiger partial charge in [-0.15, -0.1) is 0 Å². The molecule has 2 aromatic heterocycles. The lowest BCUT2D eigenvalue weighted by Crippen LogP contribution is -2.40. The summed E-state index contributed by atoms with van der Waals surface area (Å²) in [7, 11) is -3.80. The molecule has 27 heavy (non-hydrogen) atoms. The Morgan fingerprint density at radius 3 is 2.52 bits per heavy atom. The largest absolute Gasteiger partial charge is 0.347 e. The molecule has 2 heterocycles. The Hall–Kier alpha value is -2.94. The molecule has 0 saturated carbocycles. The quantitative estimate of drug-likeness (QED) is 0.715. The smallest absolute Gasteiger partial charge is 0.263 e. The molecule has 8 nitrogen and oxygen atoms in total. The fourth-order valence-electron chi connectivity index (χ4n) is 2.54. The Bertz CT molecular complexity index is 1110. The van der Waals surface area contributed by atoms with Crippen LogP contribution >= 0.6 is 0 Å². The number of carbonyl (C=O) groups is 1. The van der Waals surface area contributed by atoms with Crippen molar-refractivity contribution in [2.75, 3.05) is 4.72 Å². The van der Waals surface area contributed by atoms with Gasteiger partial charge in [0.15, 0.2) is 5.65 Å². The van der Waals surface area contributed by atoms with Gasteiger partial charge in [-0.25, -0.2) is 17.9 Å². The number of aryl methyl sites for hydroxylation is 1.